The highest BCUT2D eigenvalue weighted by atomic mass is 19.4. The van der Waals surface area contributed by atoms with Crippen LogP contribution in [0.1, 0.15) is 60.4 Å². The van der Waals surface area contributed by atoms with Crippen LogP contribution in [0.3, 0.4) is 0 Å². The minimum absolute atomic E-state index is 0.0287. The second-order valence-electron chi connectivity index (χ2n) is 15.9. The molecule has 1 unspecified atom stereocenters. The third-order valence-corrected chi connectivity index (χ3v) is 12.0. The van der Waals surface area contributed by atoms with Gasteiger partial charge in [-0.2, -0.15) is 36.9 Å². The number of carbonyl (C=O) groups excluding carboxylic acids is 4. The average molecular weight is 881 g/mol. The van der Waals surface area contributed by atoms with Crippen molar-refractivity contribution in [2.24, 2.45) is 5.92 Å². The maximum atomic E-state index is 14.1. The summed E-state index contributed by atoms with van der Waals surface area (Å²) in [7, 11) is 0. The first kappa shape index (κ1) is 43.3. The lowest BCUT2D eigenvalue weighted by Crippen LogP contribution is -2.54. The van der Waals surface area contributed by atoms with Gasteiger partial charge in [0.1, 0.15) is 0 Å². The molecule has 12 nitrogen and oxygen atoms in total. The van der Waals surface area contributed by atoms with Gasteiger partial charge in [-0.3, -0.25) is 19.4 Å². The van der Waals surface area contributed by atoms with Gasteiger partial charge in [0.2, 0.25) is 0 Å². The summed E-state index contributed by atoms with van der Waals surface area (Å²) in [6.45, 7) is 0.420. The van der Waals surface area contributed by atoms with Crippen LogP contribution in [-0.2, 0) is 21.9 Å². The Labute approximate surface area is 363 Å². The van der Waals surface area contributed by atoms with Crippen LogP contribution in [0.25, 0.3) is 0 Å². The van der Waals surface area contributed by atoms with E-state index in [0.717, 1.165) is 34.1 Å². The van der Waals surface area contributed by atoms with Gasteiger partial charge in [-0.1, -0.05) is 49.3 Å². The number of hydrogen-bond acceptors (Lipinski definition) is 6. The van der Waals surface area contributed by atoms with E-state index in [0.29, 0.717) is 48.8 Å². The molecular formula is C46H38F6N8O4. The standard InChI is InChI=1S/C46H38F6N8O4/c47-45(48,49)31-7-5-9-33(21-31)59-35-25-57(41(61)37(35)39(55-43(59)63)29-15-11-27(23-53)12-16-29)19-3-1-2-4-20-58-26-36-38(42(58)62)40(30-17-13-28(24-54)14-18-30)56-44(64)60(36)34-10-6-8-32(22-34)46(50,51)52/h5-17,21-22,30,39-40H,1-4,18-20,25-26H2,(H,55,63)(H,56,64)/t30?,39-,40-/m1/s1. The predicted molar refractivity (Wildman–Crippen MR) is 219 cm³/mol. The lowest BCUT2D eigenvalue weighted by atomic mass is 9.84. The third-order valence-electron chi connectivity index (χ3n) is 12.0. The van der Waals surface area contributed by atoms with E-state index in [1.807, 2.05) is 6.07 Å². The highest BCUT2D eigenvalue weighted by Gasteiger charge is 2.47. The number of unbranched alkanes of at least 4 members (excludes halogenated alkanes) is 3. The van der Waals surface area contributed by atoms with Crippen molar-refractivity contribution in [2.75, 3.05) is 36.0 Å². The molecule has 0 bridgehead atoms. The highest BCUT2D eigenvalue weighted by Crippen LogP contribution is 2.42. The fourth-order valence-electron chi connectivity index (χ4n) is 8.82. The Bertz CT molecular complexity index is 2640. The van der Waals surface area contributed by atoms with Crippen LogP contribution in [0.4, 0.5) is 47.3 Å². The Balaban J connectivity index is 0.942. The lowest BCUT2D eigenvalue weighted by molar-refractivity contribution is -0.138. The molecule has 328 valence electrons. The van der Waals surface area contributed by atoms with E-state index in [1.54, 1.807) is 35.3 Å². The number of benzene rings is 3. The number of alkyl halides is 6. The van der Waals surface area contributed by atoms with Gasteiger partial charge in [-0.05, 0) is 79.4 Å². The maximum absolute atomic E-state index is 14.1. The van der Waals surface area contributed by atoms with E-state index >= 15 is 0 Å². The Kier molecular flexibility index (Phi) is 11.6. The second-order valence-corrected chi connectivity index (χ2v) is 15.9. The molecule has 0 aromatic heterocycles. The zero-order valence-electron chi connectivity index (χ0n) is 33.8. The van der Waals surface area contributed by atoms with Crippen LogP contribution < -0.4 is 20.4 Å². The highest BCUT2D eigenvalue weighted by molar-refractivity contribution is 6.08. The van der Waals surface area contributed by atoms with Crippen molar-refractivity contribution in [2.45, 2.75) is 56.5 Å². The Morgan fingerprint density at radius 3 is 1.69 bits per heavy atom. The number of anilines is 2. The average Bonchev–Trinajstić information content (AvgIpc) is 3.78. The fourth-order valence-corrected chi connectivity index (χ4v) is 8.82. The van der Waals surface area contributed by atoms with Gasteiger partial charge in [0.15, 0.2) is 0 Å². The minimum atomic E-state index is -4.68. The number of nitrogens with one attached hydrogen (secondary N) is 2. The van der Waals surface area contributed by atoms with Crippen LogP contribution in [0, 0.1) is 28.6 Å². The van der Waals surface area contributed by atoms with Gasteiger partial charge in [-0.25, -0.2) is 9.59 Å². The molecule has 5 aliphatic rings. The summed E-state index contributed by atoms with van der Waals surface area (Å²) in [5.74, 6) is -1.17. The van der Waals surface area contributed by atoms with E-state index < -0.39 is 59.5 Å². The van der Waals surface area contributed by atoms with Crippen LogP contribution >= 0.6 is 0 Å². The van der Waals surface area contributed by atoms with Crippen LogP contribution in [-0.4, -0.2) is 65.9 Å². The molecule has 3 aromatic rings. The number of carbonyl (C=O) groups is 4. The van der Waals surface area contributed by atoms with Gasteiger partial charge < -0.3 is 20.4 Å². The first-order chi connectivity index (χ1) is 30.6. The topological polar surface area (TPSA) is 153 Å². The second kappa shape index (κ2) is 17.1. The zero-order valence-corrected chi connectivity index (χ0v) is 33.8. The van der Waals surface area contributed by atoms with Gasteiger partial charge in [0, 0.05) is 24.6 Å². The third kappa shape index (κ3) is 8.31. The molecule has 0 radical (unpaired) electrons. The first-order valence-electron chi connectivity index (χ1n) is 20.5. The van der Waals surface area contributed by atoms with Gasteiger partial charge in [0.05, 0.1) is 87.9 Å². The van der Waals surface area contributed by atoms with E-state index in [1.165, 1.54) is 41.3 Å². The molecule has 1 aliphatic carbocycles. The molecule has 3 aromatic carbocycles. The number of hydrogen-bond donors (Lipinski definition) is 2. The summed E-state index contributed by atoms with van der Waals surface area (Å²) in [4.78, 5) is 60.8. The molecule has 8 rings (SSSR count). The minimum Gasteiger partial charge on any atom is -0.333 e. The molecule has 0 saturated heterocycles. The summed E-state index contributed by atoms with van der Waals surface area (Å²) in [5, 5.41) is 24.2. The molecule has 0 fully saturated rings. The smallest absolute Gasteiger partial charge is 0.333 e. The van der Waals surface area contributed by atoms with Crippen molar-refractivity contribution in [3.8, 4) is 12.1 Å². The molecule has 0 spiro atoms. The number of urea groups is 2. The summed E-state index contributed by atoms with van der Waals surface area (Å²) in [6.07, 6.45) is -1.77. The van der Waals surface area contributed by atoms with Gasteiger partial charge in [-0.15, -0.1) is 0 Å². The summed E-state index contributed by atoms with van der Waals surface area (Å²) in [6, 6.07) is 15.9. The number of rotatable bonds is 11. The summed E-state index contributed by atoms with van der Waals surface area (Å²) in [5.41, 5.74) is 0.232. The normalized spacial score (nSPS) is 21.1. The molecular weight excluding hydrogens is 843 g/mol. The summed E-state index contributed by atoms with van der Waals surface area (Å²) < 4.78 is 82.3. The first-order valence-corrected chi connectivity index (χ1v) is 20.5. The van der Waals surface area contributed by atoms with Crippen molar-refractivity contribution < 1.29 is 45.5 Å². The molecule has 4 heterocycles. The van der Waals surface area contributed by atoms with E-state index in [-0.39, 0.29) is 66.0 Å². The van der Waals surface area contributed by atoms with Crippen LogP contribution in [0.15, 0.2) is 119 Å². The Hall–Kier alpha value is -7.34. The Morgan fingerprint density at radius 1 is 0.656 bits per heavy atom. The largest absolute Gasteiger partial charge is 0.416 e. The number of halogens is 6. The predicted octanol–water partition coefficient (Wildman–Crippen LogP) is 8.24. The van der Waals surface area contributed by atoms with Crippen molar-refractivity contribution >= 4 is 35.3 Å². The quantitative estimate of drug-likeness (QED) is 0.146. The zero-order chi connectivity index (χ0) is 45.5. The SMILES string of the molecule is N#CC1=CCC([C@H]2NC(=O)N(c3cccc(C(F)(F)F)c3)C3=C2C(=O)N(CCCCCCN2CC4=C(C2=O)[C@@H](c2ccc(C#N)cc2)NC(=O)N4c2cccc(C(F)(F)F)c2)C3)C=C1. The Morgan fingerprint density at radius 2 is 1.19 bits per heavy atom. The van der Waals surface area contributed by atoms with E-state index in [9.17, 15) is 56.0 Å². The van der Waals surface area contributed by atoms with E-state index in [4.69, 9.17) is 0 Å². The molecule has 0 saturated carbocycles. The fraction of sp³-hybridized carbons (Fsp3) is 0.304. The van der Waals surface area contributed by atoms with Crippen molar-refractivity contribution in [3.05, 3.63) is 141 Å². The molecule has 4 aliphatic heterocycles. The maximum Gasteiger partial charge on any atom is 0.416 e. The molecule has 6 amide bonds. The van der Waals surface area contributed by atoms with Crippen molar-refractivity contribution in [1.82, 2.24) is 20.4 Å². The van der Waals surface area contributed by atoms with Crippen LogP contribution in [0.5, 0.6) is 0 Å². The number of amides is 6. The van der Waals surface area contributed by atoms with Gasteiger partial charge >= 0.3 is 24.4 Å². The van der Waals surface area contributed by atoms with Crippen molar-refractivity contribution in [3.63, 3.8) is 0 Å². The molecule has 3 atom stereocenters. The number of allylic oxidation sites excluding steroid dienone is 3. The molecule has 2 N–H and O–H groups in total. The molecule has 64 heavy (non-hydrogen) atoms. The van der Waals surface area contributed by atoms with Gasteiger partial charge in [0.25, 0.3) is 11.8 Å². The van der Waals surface area contributed by atoms with E-state index in [2.05, 4.69) is 16.7 Å². The van der Waals surface area contributed by atoms with Crippen molar-refractivity contribution in [1.29, 1.82) is 10.5 Å². The monoisotopic (exact) mass is 880 g/mol. The van der Waals surface area contributed by atoms with Crippen LogP contribution in [0.2, 0.25) is 0 Å². The molecule has 18 heteroatoms. The number of nitriles is 2. The lowest BCUT2D eigenvalue weighted by Gasteiger charge is -2.36. The summed E-state index contributed by atoms with van der Waals surface area (Å²) >= 11 is 0. The number of nitrogens with zero attached hydrogens (tertiary/aromatic N) is 6.